The number of nitrogens with zero attached hydrogens (tertiary/aromatic N) is 3. The van der Waals surface area contributed by atoms with Crippen LogP contribution < -0.4 is 5.32 Å². The van der Waals surface area contributed by atoms with Crippen LogP contribution in [0, 0.1) is 18.3 Å². The number of anilines is 1. The average Bonchev–Trinajstić information content (AvgIpc) is 2.98. The maximum absolute atomic E-state index is 8.97. The number of hydrogen-bond donors (Lipinski definition) is 1. The smallest absolute Gasteiger partial charge is 0.232 e. The number of likely N-dealkylation sites (N-methyl/N-ethyl adjacent to an activating group) is 1. The molecule has 1 unspecified atom stereocenters. The molecule has 0 aromatic carbocycles. The summed E-state index contributed by atoms with van der Waals surface area (Å²) in [4.78, 5) is 7.42. The second kappa shape index (κ2) is 5.87. The average molecular weight is 276 g/mol. The van der Waals surface area contributed by atoms with Crippen LogP contribution in [-0.4, -0.2) is 30.5 Å². The van der Waals surface area contributed by atoms with E-state index in [2.05, 4.69) is 26.6 Å². The minimum absolute atomic E-state index is 0.233. The highest BCUT2D eigenvalue weighted by Gasteiger charge is 2.17. The van der Waals surface area contributed by atoms with Gasteiger partial charge in [0.05, 0.1) is 6.04 Å². The first-order chi connectivity index (χ1) is 9.11. The van der Waals surface area contributed by atoms with Gasteiger partial charge in [-0.25, -0.2) is 4.98 Å². The lowest BCUT2D eigenvalue weighted by molar-refractivity contribution is 0.314. The van der Waals surface area contributed by atoms with E-state index in [4.69, 9.17) is 9.68 Å². The lowest BCUT2D eigenvalue weighted by atomic mass is 10.2. The normalized spacial score (nSPS) is 12.4. The predicted octanol–water partition coefficient (Wildman–Crippen LogP) is 2.63. The minimum Gasteiger partial charge on any atom is -0.424 e. The Morgan fingerprint density at radius 1 is 1.58 bits per heavy atom. The third kappa shape index (κ3) is 3.13. The Morgan fingerprint density at radius 2 is 2.37 bits per heavy atom. The van der Waals surface area contributed by atoms with Gasteiger partial charge in [0.25, 0.3) is 0 Å². The Labute approximate surface area is 116 Å². The third-order valence-electron chi connectivity index (χ3n) is 2.79. The van der Waals surface area contributed by atoms with E-state index in [-0.39, 0.29) is 6.04 Å². The highest BCUT2D eigenvalue weighted by Crippen LogP contribution is 2.24. The van der Waals surface area contributed by atoms with Crippen LogP contribution in [0.1, 0.15) is 22.5 Å². The second-order valence-electron chi connectivity index (χ2n) is 4.40. The molecule has 0 saturated heterocycles. The van der Waals surface area contributed by atoms with Crippen LogP contribution in [0.15, 0.2) is 21.9 Å². The molecule has 2 aromatic rings. The molecule has 0 spiro atoms. The molecule has 2 rings (SSSR count). The first-order valence-electron chi connectivity index (χ1n) is 5.93. The summed E-state index contributed by atoms with van der Waals surface area (Å²) < 4.78 is 5.39. The zero-order chi connectivity index (χ0) is 13.8. The fourth-order valence-electron chi connectivity index (χ4n) is 1.83. The van der Waals surface area contributed by atoms with Crippen LogP contribution in [0.3, 0.4) is 0 Å². The van der Waals surface area contributed by atoms with Gasteiger partial charge < -0.3 is 14.6 Å². The van der Waals surface area contributed by atoms with E-state index < -0.39 is 0 Å². The Morgan fingerprint density at radius 3 is 2.95 bits per heavy atom. The molecular weight excluding hydrogens is 260 g/mol. The SMILES string of the molecule is Cc1nc(C#N)c(NCC(c2cccs2)N(C)C)o1. The van der Waals surface area contributed by atoms with Crippen molar-refractivity contribution in [1.29, 1.82) is 5.26 Å². The summed E-state index contributed by atoms with van der Waals surface area (Å²) in [5.41, 5.74) is 0.307. The van der Waals surface area contributed by atoms with Gasteiger partial charge in [-0.05, 0) is 25.5 Å². The van der Waals surface area contributed by atoms with Crippen molar-refractivity contribution < 1.29 is 4.42 Å². The number of nitrogens with one attached hydrogen (secondary N) is 1. The predicted molar refractivity (Wildman–Crippen MR) is 75.2 cm³/mol. The molecule has 0 aliphatic heterocycles. The molecule has 0 fully saturated rings. The van der Waals surface area contributed by atoms with Crippen molar-refractivity contribution in [2.75, 3.05) is 26.0 Å². The Bertz CT molecular complexity index is 568. The maximum atomic E-state index is 8.97. The highest BCUT2D eigenvalue weighted by molar-refractivity contribution is 7.10. The van der Waals surface area contributed by atoms with E-state index >= 15 is 0 Å². The Kier molecular flexibility index (Phi) is 4.20. The van der Waals surface area contributed by atoms with Crippen LogP contribution in [-0.2, 0) is 0 Å². The molecule has 0 bridgehead atoms. The van der Waals surface area contributed by atoms with E-state index in [1.165, 1.54) is 4.88 Å². The number of thiophene rings is 1. The van der Waals surface area contributed by atoms with Crippen molar-refractivity contribution in [3.63, 3.8) is 0 Å². The zero-order valence-corrected chi connectivity index (χ0v) is 12.0. The monoisotopic (exact) mass is 276 g/mol. The van der Waals surface area contributed by atoms with Gasteiger partial charge >= 0.3 is 0 Å². The largest absolute Gasteiger partial charge is 0.424 e. The van der Waals surface area contributed by atoms with Gasteiger partial charge in [0.2, 0.25) is 11.6 Å². The molecular formula is C13H16N4OS. The molecule has 0 aliphatic rings. The number of aromatic nitrogens is 1. The molecule has 1 atom stereocenters. The third-order valence-corrected chi connectivity index (χ3v) is 3.76. The quantitative estimate of drug-likeness (QED) is 0.909. The van der Waals surface area contributed by atoms with Gasteiger partial charge in [-0.1, -0.05) is 6.07 Å². The van der Waals surface area contributed by atoms with Crippen LogP contribution in [0.25, 0.3) is 0 Å². The topological polar surface area (TPSA) is 65.1 Å². The van der Waals surface area contributed by atoms with Crippen LogP contribution >= 0.6 is 11.3 Å². The van der Waals surface area contributed by atoms with E-state index in [0.29, 0.717) is 24.0 Å². The molecule has 100 valence electrons. The molecule has 2 aromatic heterocycles. The molecule has 5 nitrogen and oxygen atoms in total. The fourth-order valence-corrected chi connectivity index (χ4v) is 2.75. The van der Waals surface area contributed by atoms with Gasteiger partial charge in [-0.15, -0.1) is 11.3 Å². The number of rotatable bonds is 5. The summed E-state index contributed by atoms with van der Waals surface area (Å²) in [5.74, 6) is 0.944. The van der Waals surface area contributed by atoms with Gasteiger partial charge in [0, 0.05) is 18.3 Å². The molecule has 2 heterocycles. The summed E-state index contributed by atoms with van der Waals surface area (Å²) in [6.07, 6.45) is 0. The molecule has 0 aliphatic carbocycles. The van der Waals surface area contributed by atoms with Crippen LogP contribution in [0.4, 0.5) is 5.88 Å². The highest BCUT2D eigenvalue weighted by atomic mass is 32.1. The molecule has 0 saturated carbocycles. The zero-order valence-electron chi connectivity index (χ0n) is 11.2. The Balaban J connectivity index is 2.09. The van der Waals surface area contributed by atoms with Gasteiger partial charge in [-0.2, -0.15) is 5.26 Å². The first kappa shape index (κ1) is 13.6. The van der Waals surface area contributed by atoms with Crippen LogP contribution in [0.5, 0.6) is 0 Å². The van der Waals surface area contributed by atoms with Crippen molar-refractivity contribution >= 4 is 17.2 Å². The van der Waals surface area contributed by atoms with Crippen molar-refractivity contribution in [3.05, 3.63) is 34.0 Å². The van der Waals surface area contributed by atoms with E-state index in [9.17, 15) is 0 Å². The summed E-state index contributed by atoms with van der Waals surface area (Å²) in [6, 6.07) is 6.40. The van der Waals surface area contributed by atoms with Gasteiger partial charge in [0.15, 0.2) is 5.89 Å². The van der Waals surface area contributed by atoms with Gasteiger partial charge in [0.1, 0.15) is 6.07 Å². The number of oxazole rings is 1. The van der Waals surface area contributed by atoms with E-state index in [1.54, 1.807) is 18.3 Å². The van der Waals surface area contributed by atoms with Gasteiger partial charge in [-0.3, -0.25) is 0 Å². The van der Waals surface area contributed by atoms with Crippen molar-refractivity contribution in [2.24, 2.45) is 0 Å². The van der Waals surface area contributed by atoms with Crippen molar-refractivity contribution in [1.82, 2.24) is 9.88 Å². The first-order valence-corrected chi connectivity index (χ1v) is 6.81. The molecule has 6 heteroatoms. The standard InChI is InChI=1S/C13H16N4OS/c1-9-16-10(7-14)13(18-9)15-8-11(17(2)3)12-5-4-6-19-12/h4-6,11,15H,8H2,1-3H3. The number of nitriles is 1. The van der Waals surface area contributed by atoms with Crippen molar-refractivity contribution in [3.8, 4) is 6.07 Å². The molecule has 19 heavy (non-hydrogen) atoms. The summed E-state index contributed by atoms with van der Waals surface area (Å²) in [6.45, 7) is 2.39. The molecule has 1 N–H and O–H groups in total. The van der Waals surface area contributed by atoms with E-state index in [0.717, 1.165) is 0 Å². The summed E-state index contributed by atoms with van der Waals surface area (Å²) >= 11 is 1.72. The molecule has 0 amide bonds. The Hall–Kier alpha value is -1.84. The summed E-state index contributed by atoms with van der Waals surface area (Å²) in [5, 5.41) is 14.2. The second-order valence-corrected chi connectivity index (χ2v) is 5.38. The molecule has 0 radical (unpaired) electrons. The lowest BCUT2D eigenvalue weighted by Gasteiger charge is -2.23. The lowest BCUT2D eigenvalue weighted by Crippen LogP contribution is -2.26. The maximum Gasteiger partial charge on any atom is 0.232 e. The summed E-state index contributed by atoms with van der Waals surface area (Å²) in [7, 11) is 4.06. The fraction of sp³-hybridized carbons (Fsp3) is 0.385. The van der Waals surface area contributed by atoms with E-state index in [1.807, 2.05) is 26.2 Å². The number of aryl methyl sites for hydroxylation is 1. The minimum atomic E-state index is 0.233. The van der Waals surface area contributed by atoms with Crippen molar-refractivity contribution in [2.45, 2.75) is 13.0 Å². The van der Waals surface area contributed by atoms with Crippen LogP contribution in [0.2, 0.25) is 0 Å². The number of hydrogen-bond acceptors (Lipinski definition) is 6.